The van der Waals surface area contributed by atoms with Crippen molar-refractivity contribution in [2.24, 2.45) is 11.8 Å². The average molecular weight is 509 g/mol. The third kappa shape index (κ3) is 8.52. The van der Waals surface area contributed by atoms with Gasteiger partial charge in [-0.25, -0.2) is 0 Å². The second kappa shape index (κ2) is 12.7. The minimum Gasteiger partial charge on any atom is -0.508 e. The van der Waals surface area contributed by atoms with Crippen molar-refractivity contribution in [3.05, 3.63) is 58.7 Å². The molecule has 37 heavy (non-hydrogen) atoms. The lowest BCUT2D eigenvalue weighted by molar-refractivity contribution is 0.375. The summed E-state index contributed by atoms with van der Waals surface area (Å²) in [5, 5.41) is 21.6. The number of aromatic hydroxyl groups is 2. The van der Waals surface area contributed by atoms with E-state index >= 15 is 0 Å². The van der Waals surface area contributed by atoms with E-state index in [0.717, 1.165) is 24.0 Å². The van der Waals surface area contributed by atoms with Crippen LogP contribution in [0.3, 0.4) is 0 Å². The zero-order valence-electron chi connectivity index (χ0n) is 25.7. The van der Waals surface area contributed by atoms with E-state index in [-0.39, 0.29) is 16.2 Å². The zero-order chi connectivity index (χ0) is 28.0. The van der Waals surface area contributed by atoms with Crippen LogP contribution >= 0.6 is 0 Å². The Kier molecular flexibility index (Phi) is 10.8. The number of hydrogen-bond acceptors (Lipinski definition) is 2. The highest BCUT2D eigenvalue weighted by Crippen LogP contribution is 2.46. The van der Waals surface area contributed by atoms with Gasteiger partial charge in [-0.1, -0.05) is 132 Å². The SMILES string of the molecule is CC(C)CCCCC(CCCCC(C)C)(c1ccc(O)c(C(C)(C)C)c1)c1ccc(O)c(C(C)(C)C)c1. The molecule has 0 atom stereocenters. The van der Waals surface area contributed by atoms with Crippen molar-refractivity contribution in [3.8, 4) is 11.5 Å². The summed E-state index contributed by atoms with van der Waals surface area (Å²) in [5.41, 5.74) is 4.17. The van der Waals surface area contributed by atoms with Crippen LogP contribution in [-0.4, -0.2) is 10.2 Å². The van der Waals surface area contributed by atoms with Crippen molar-refractivity contribution in [1.82, 2.24) is 0 Å². The number of phenols is 2. The molecule has 0 spiro atoms. The predicted molar refractivity (Wildman–Crippen MR) is 161 cm³/mol. The molecule has 0 saturated heterocycles. The fraction of sp³-hybridized carbons (Fsp3) is 0.657. The van der Waals surface area contributed by atoms with Crippen LogP contribution in [0.5, 0.6) is 11.5 Å². The molecule has 0 aliphatic rings. The molecule has 0 heterocycles. The minimum atomic E-state index is -0.157. The van der Waals surface area contributed by atoms with Gasteiger partial charge in [0.05, 0.1) is 0 Å². The van der Waals surface area contributed by atoms with E-state index in [2.05, 4.69) is 93.5 Å². The normalized spacial score (nSPS) is 13.1. The third-order valence-corrected chi connectivity index (χ3v) is 7.98. The molecule has 0 radical (unpaired) electrons. The summed E-state index contributed by atoms with van der Waals surface area (Å²) in [4.78, 5) is 0. The molecule has 0 aromatic heterocycles. The van der Waals surface area contributed by atoms with Gasteiger partial charge >= 0.3 is 0 Å². The van der Waals surface area contributed by atoms with Crippen molar-refractivity contribution in [3.63, 3.8) is 0 Å². The Morgan fingerprint density at radius 2 is 0.919 bits per heavy atom. The average Bonchev–Trinajstić information content (AvgIpc) is 2.77. The second-order valence-electron chi connectivity index (χ2n) is 14.3. The Bertz CT molecular complexity index is 904. The molecule has 0 aliphatic heterocycles. The summed E-state index contributed by atoms with van der Waals surface area (Å²) in [6.45, 7) is 22.3. The summed E-state index contributed by atoms with van der Waals surface area (Å²) >= 11 is 0. The number of unbranched alkanes of at least 4 members (excludes halogenated alkanes) is 2. The lowest BCUT2D eigenvalue weighted by Gasteiger charge is -2.38. The van der Waals surface area contributed by atoms with Gasteiger partial charge in [-0.3, -0.25) is 0 Å². The van der Waals surface area contributed by atoms with Gasteiger partial charge in [-0.15, -0.1) is 0 Å². The Hall–Kier alpha value is -1.96. The van der Waals surface area contributed by atoms with Crippen molar-refractivity contribution in [2.75, 3.05) is 0 Å². The van der Waals surface area contributed by atoms with Gasteiger partial charge in [-0.05, 0) is 69.9 Å². The standard InChI is InChI=1S/C35H56O2/c1-25(2)15-11-13-21-35(22-14-12-16-26(3)4,27-17-19-31(36)29(23-27)33(5,6)7)28-18-20-32(37)30(24-28)34(8,9)10/h17-20,23-26,36-37H,11-16,21-22H2,1-10H3. The monoisotopic (exact) mass is 508 g/mol. The van der Waals surface area contributed by atoms with Gasteiger partial charge in [0.15, 0.2) is 0 Å². The molecule has 2 nitrogen and oxygen atoms in total. The Morgan fingerprint density at radius 3 is 1.22 bits per heavy atom. The van der Waals surface area contributed by atoms with E-state index in [1.165, 1.54) is 49.7 Å². The maximum Gasteiger partial charge on any atom is 0.119 e. The van der Waals surface area contributed by atoms with Crippen molar-refractivity contribution in [2.45, 2.75) is 137 Å². The summed E-state index contributed by atoms with van der Waals surface area (Å²) in [5.74, 6) is 2.18. The molecule has 2 heteroatoms. The molecule has 2 aromatic carbocycles. The van der Waals surface area contributed by atoms with Crippen LogP contribution in [0.2, 0.25) is 0 Å². The number of rotatable bonds is 12. The Balaban J connectivity index is 2.73. The molecule has 0 fully saturated rings. The van der Waals surface area contributed by atoms with Gasteiger partial charge in [0.1, 0.15) is 11.5 Å². The summed E-state index contributed by atoms with van der Waals surface area (Å²) in [6, 6.07) is 12.7. The predicted octanol–water partition coefficient (Wildman–Crippen LogP) is 10.4. The first-order valence-corrected chi connectivity index (χ1v) is 14.8. The molecule has 0 amide bonds. The minimum absolute atomic E-state index is 0.146. The highest BCUT2D eigenvalue weighted by Gasteiger charge is 2.36. The largest absolute Gasteiger partial charge is 0.508 e. The van der Waals surface area contributed by atoms with Gasteiger partial charge in [-0.2, -0.15) is 0 Å². The maximum atomic E-state index is 10.8. The summed E-state index contributed by atoms with van der Waals surface area (Å²) in [7, 11) is 0. The number of benzene rings is 2. The van der Waals surface area contributed by atoms with E-state index < -0.39 is 0 Å². The first-order valence-electron chi connectivity index (χ1n) is 14.8. The molecular weight excluding hydrogens is 452 g/mol. The van der Waals surface area contributed by atoms with Crippen molar-refractivity contribution < 1.29 is 10.2 Å². The van der Waals surface area contributed by atoms with E-state index in [0.29, 0.717) is 23.3 Å². The van der Waals surface area contributed by atoms with Crippen LogP contribution in [0.4, 0.5) is 0 Å². The van der Waals surface area contributed by atoms with Gasteiger partial charge in [0.2, 0.25) is 0 Å². The molecule has 0 aliphatic carbocycles. The van der Waals surface area contributed by atoms with E-state index in [4.69, 9.17) is 0 Å². The van der Waals surface area contributed by atoms with Gasteiger partial charge in [0.25, 0.3) is 0 Å². The second-order valence-corrected chi connectivity index (χ2v) is 14.3. The summed E-state index contributed by atoms with van der Waals surface area (Å²) in [6.07, 6.45) is 9.41. The van der Waals surface area contributed by atoms with Crippen LogP contribution in [0, 0.1) is 11.8 Å². The number of hydrogen-bond donors (Lipinski definition) is 2. The van der Waals surface area contributed by atoms with E-state index in [1.807, 2.05) is 12.1 Å². The zero-order valence-corrected chi connectivity index (χ0v) is 25.7. The fourth-order valence-corrected chi connectivity index (χ4v) is 5.70. The first-order chi connectivity index (χ1) is 17.1. The number of phenolic OH excluding ortho intramolecular Hbond substituents is 2. The molecular formula is C35H56O2. The van der Waals surface area contributed by atoms with Gasteiger partial charge in [0, 0.05) is 5.41 Å². The third-order valence-electron chi connectivity index (χ3n) is 7.98. The van der Waals surface area contributed by atoms with Crippen molar-refractivity contribution in [1.29, 1.82) is 0 Å². The molecule has 2 aromatic rings. The quantitative estimate of drug-likeness (QED) is 0.280. The molecule has 2 N–H and O–H groups in total. The van der Waals surface area contributed by atoms with Crippen LogP contribution in [0.1, 0.15) is 143 Å². The topological polar surface area (TPSA) is 40.5 Å². The van der Waals surface area contributed by atoms with Crippen LogP contribution in [0.25, 0.3) is 0 Å². The van der Waals surface area contributed by atoms with E-state index in [9.17, 15) is 10.2 Å². The highest BCUT2D eigenvalue weighted by molar-refractivity contribution is 5.50. The van der Waals surface area contributed by atoms with Gasteiger partial charge < -0.3 is 10.2 Å². The Morgan fingerprint density at radius 1 is 0.568 bits per heavy atom. The maximum absolute atomic E-state index is 10.8. The smallest absolute Gasteiger partial charge is 0.119 e. The van der Waals surface area contributed by atoms with Crippen LogP contribution < -0.4 is 0 Å². The first kappa shape index (κ1) is 31.3. The molecule has 0 saturated carbocycles. The van der Waals surface area contributed by atoms with E-state index in [1.54, 1.807) is 0 Å². The summed E-state index contributed by atoms with van der Waals surface area (Å²) < 4.78 is 0. The molecule has 0 unspecified atom stereocenters. The lowest BCUT2D eigenvalue weighted by atomic mass is 9.66. The molecule has 0 bridgehead atoms. The highest BCUT2D eigenvalue weighted by atomic mass is 16.3. The van der Waals surface area contributed by atoms with Crippen LogP contribution in [-0.2, 0) is 16.2 Å². The van der Waals surface area contributed by atoms with Crippen molar-refractivity contribution >= 4 is 0 Å². The molecule has 208 valence electrons. The fourth-order valence-electron chi connectivity index (χ4n) is 5.70. The Labute approximate surface area is 228 Å². The van der Waals surface area contributed by atoms with Crippen LogP contribution in [0.15, 0.2) is 36.4 Å². The molecule has 2 rings (SSSR count). The lowest BCUT2D eigenvalue weighted by Crippen LogP contribution is -2.30.